The van der Waals surface area contributed by atoms with E-state index in [1.54, 1.807) is 6.26 Å². The molecule has 2 fully saturated rings. The molecule has 2 aliphatic heterocycles. The van der Waals surface area contributed by atoms with Gasteiger partial charge in [0.25, 0.3) is 0 Å². The summed E-state index contributed by atoms with van der Waals surface area (Å²) in [4.78, 5) is 16.6. The van der Waals surface area contributed by atoms with Gasteiger partial charge in [-0.2, -0.15) is 0 Å². The van der Waals surface area contributed by atoms with E-state index in [1.807, 2.05) is 24.1 Å². The molecule has 0 saturated carbocycles. The summed E-state index contributed by atoms with van der Waals surface area (Å²) in [6.07, 6.45) is 6.84. The van der Waals surface area contributed by atoms with Gasteiger partial charge in [-0.05, 0) is 44.4 Å². The highest BCUT2D eigenvalue weighted by Gasteiger charge is 2.51. The van der Waals surface area contributed by atoms with E-state index in [-0.39, 0.29) is 5.54 Å². The molecule has 1 amide bonds. The smallest absolute Gasteiger partial charge is 0.222 e. The monoisotopic (exact) mass is 276 g/mol. The lowest BCUT2D eigenvalue weighted by Gasteiger charge is -2.51. The molecule has 0 bridgehead atoms. The molecule has 2 aliphatic rings. The Balaban J connectivity index is 1.84. The third-order valence-electron chi connectivity index (χ3n) is 5.26. The van der Waals surface area contributed by atoms with Crippen LogP contribution in [0.3, 0.4) is 0 Å². The van der Waals surface area contributed by atoms with E-state index in [9.17, 15) is 4.79 Å². The summed E-state index contributed by atoms with van der Waals surface area (Å²) in [6.45, 7) is 4.20. The molecule has 1 aromatic rings. The summed E-state index contributed by atoms with van der Waals surface area (Å²) in [6, 6.07) is 4.43. The van der Waals surface area contributed by atoms with Crippen LogP contribution in [0.4, 0.5) is 0 Å². The molecule has 0 aliphatic carbocycles. The zero-order valence-electron chi connectivity index (χ0n) is 12.5. The van der Waals surface area contributed by atoms with Crippen LogP contribution in [0.25, 0.3) is 0 Å². The molecule has 110 valence electrons. The standard InChI is InChI=1S/C16H24N2O2/c1-3-14-16(9-7-15(19)17(16)2)8-5-10-18(14)12-13-6-4-11-20-13/h4,6,11,14H,3,5,7-10,12H2,1-2H3/t14-,16-/m0/s1. The van der Waals surface area contributed by atoms with Crippen LogP contribution in [0.2, 0.25) is 0 Å². The minimum absolute atomic E-state index is 0.0523. The van der Waals surface area contributed by atoms with Crippen LogP contribution in [0.1, 0.15) is 44.8 Å². The number of carbonyl (C=O) groups is 1. The molecule has 4 nitrogen and oxygen atoms in total. The van der Waals surface area contributed by atoms with Crippen molar-refractivity contribution in [3.05, 3.63) is 24.2 Å². The van der Waals surface area contributed by atoms with Gasteiger partial charge in [-0.3, -0.25) is 9.69 Å². The number of furan rings is 1. The zero-order valence-corrected chi connectivity index (χ0v) is 12.5. The van der Waals surface area contributed by atoms with Crippen molar-refractivity contribution in [1.29, 1.82) is 0 Å². The third kappa shape index (κ3) is 2.06. The maximum atomic E-state index is 12.0. The van der Waals surface area contributed by atoms with Crippen molar-refractivity contribution in [3.63, 3.8) is 0 Å². The number of carbonyl (C=O) groups excluding carboxylic acids is 1. The first-order valence-corrected chi connectivity index (χ1v) is 7.70. The first-order valence-electron chi connectivity index (χ1n) is 7.70. The fourth-order valence-corrected chi connectivity index (χ4v) is 4.27. The summed E-state index contributed by atoms with van der Waals surface area (Å²) in [5.74, 6) is 1.33. The lowest BCUT2D eigenvalue weighted by Crippen LogP contribution is -2.61. The number of likely N-dealkylation sites (N-methyl/N-ethyl adjacent to an activating group) is 1. The molecule has 0 N–H and O–H groups in total. The van der Waals surface area contributed by atoms with Gasteiger partial charge < -0.3 is 9.32 Å². The number of nitrogens with zero attached hydrogens (tertiary/aromatic N) is 2. The van der Waals surface area contributed by atoms with Gasteiger partial charge in [-0.1, -0.05) is 6.92 Å². The molecular weight excluding hydrogens is 252 g/mol. The average molecular weight is 276 g/mol. The lowest BCUT2D eigenvalue weighted by atomic mass is 9.77. The second-order valence-electron chi connectivity index (χ2n) is 6.13. The number of rotatable bonds is 3. The van der Waals surface area contributed by atoms with Gasteiger partial charge in [-0.25, -0.2) is 0 Å². The van der Waals surface area contributed by atoms with Gasteiger partial charge in [0.2, 0.25) is 5.91 Å². The highest BCUT2D eigenvalue weighted by molar-refractivity contribution is 5.79. The number of piperidine rings is 1. The Labute approximate surface area is 120 Å². The number of hydrogen-bond donors (Lipinski definition) is 0. The highest BCUT2D eigenvalue weighted by atomic mass is 16.3. The van der Waals surface area contributed by atoms with Gasteiger partial charge in [0.15, 0.2) is 0 Å². The summed E-state index contributed by atoms with van der Waals surface area (Å²) in [5.41, 5.74) is 0.0523. The maximum absolute atomic E-state index is 12.0. The number of likely N-dealkylation sites (tertiary alicyclic amines) is 2. The zero-order chi connectivity index (χ0) is 14.2. The molecule has 20 heavy (non-hydrogen) atoms. The molecular formula is C16H24N2O2. The highest BCUT2D eigenvalue weighted by Crippen LogP contribution is 2.42. The first-order chi connectivity index (χ1) is 9.67. The van der Waals surface area contributed by atoms with Gasteiger partial charge in [0, 0.05) is 19.5 Å². The summed E-state index contributed by atoms with van der Waals surface area (Å²) < 4.78 is 5.51. The lowest BCUT2D eigenvalue weighted by molar-refractivity contribution is -0.133. The van der Waals surface area contributed by atoms with Crippen LogP contribution in [-0.2, 0) is 11.3 Å². The fourth-order valence-electron chi connectivity index (χ4n) is 4.27. The Kier molecular flexibility index (Phi) is 3.59. The van der Waals surface area contributed by atoms with E-state index in [0.29, 0.717) is 18.4 Å². The van der Waals surface area contributed by atoms with Gasteiger partial charge >= 0.3 is 0 Å². The Bertz CT molecular complexity index is 471. The van der Waals surface area contributed by atoms with Gasteiger partial charge in [0.05, 0.1) is 18.3 Å². The first kappa shape index (κ1) is 13.7. The summed E-state index contributed by atoms with van der Waals surface area (Å²) in [5, 5.41) is 0. The molecule has 3 rings (SSSR count). The fraction of sp³-hybridized carbons (Fsp3) is 0.688. The molecule has 1 spiro atoms. The second-order valence-corrected chi connectivity index (χ2v) is 6.13. The van der Waals surface area contributed by atoms with E-state index >= 15 is 0 Å². The van der Waals surface area contributed by atoms with Crippen LogP contribution in [0, 0.1) is 0 Å². The SMILES string of the molecule is CC[C@@H]1N(Cc2ccco2)CCC[C@]12CCC(=O)N2C. The van der Waals surface area contributed by atoms with Crippen LogP contribution in [0.15, 0.2) is 22.8 Å². The molecule has 3 heterocycles. The number of amides is 1. The maximum Gasteiger partial charge on any atom is 0.222 e. The van der Waals surface area contributed by atoms with Crippen LogP contribution >= 0.6 is 0 Å². The van der Waals surface area contributed by atoms with Gasteiger partial charge in [-0.15, -0.1) is 0 Å². The predicted octanol–water partition coefficient (Wildman–Crippen LogP) is 2.65. The Morgan fingerprint density at radius 2 is 2.30 bits per heavy atom. The number of hydrogen-bond acceptors (Lipinski definition) is 3. The van der Waals surface area contributed by atoms with Crippen LogP contribution < -0.4 is 0 Å². The van der Waals surface area contributed by atoms with Crippen molar-refractivity contribution in [2.45, 2.75) is 57.2 Å². The van der Waals surface area contributed by atoms with Crippen LogP contribution in [0.5, 0.6) is 0 Å². The van der Waals surface area contributed by atoms with E-state index < -0.39 is 0 Å². The van der Waals surface area contributed by atoms with Gasteiger partial charge in [0.1, 0.15) is 5.76 Å². The molecule has 2 atom stereocenters. The van der Waals surface area contributed by atoms with Crippen molar-refractivity contribution in [3.8, 4) is 0 Å². The molecule has 4 heteroatoms. The molecule has 1 aromatic heterocycles. The molecule has 0 radical (unpaired) electrons. The van der Waals surface area contributed by atoms with E-state index in [4.69, 9.17) is 4.42 Å². The van der Waals surface area contributed by atoms with E-state index in [1.165, 1.54) is 0 Å². The van der Waals surface area contributed by atoms with Crippen molar-refractivity contribution in [2.75, 3.05) is 13.6 Å². The second kappa shape index (κ2) is 5.24. The Morgan fingerprint density at radius 1 is 1.45 bits per heavy atom. The molecule has 0 aromatic carbocycles. The van der Waals surface area contributed by atoms with E-state index in [0.717, 1.165) is 44.5 Å². The molecule has 0 unspecified atom stereocenters. The topological polar surface area (TPSA) is 36.7 Å². The Hall–Kier alpha value is -1.29. The Morgan fingerprint density at radius 3 is 2.90 bits per heavy atom. The summed E-state index contributed by atoms with van der Waals surface area (Å²) >= 11 is 0. The van der Waals surface area contributed by atoms with Crippen molar-refractivity contribution in [1.82, 2.24) is 9.80 Å². The minimum atomic E-state index is 0.0523. The van der Waals surface area contributed by atoms with Crippen molar-refractivity contribution < 1.29 is 9.21 Å². The molecule has 2 saturated heterocycles. The predicted molar refractivity (Wildman–Crippen MR) is 77.2 cm³/mol. The van der Waals surface area contributed by atoms with Crippen molar-refractivity contribution >= 4 is 5.91 Å². The van der Waals surface area contributed by atoms with Crippen molar-refractivity contribution in [2.24, 2.45) is 0 Å². The summed E-state index contributed by atoms with van der Waals surface area (Å²) in [7, 11) is 1.99. The minimum Gasteiger partial charge on any atom is -0.468 e. The normalized spacial score (nSPS) is 31.4. The van der Waals surface area contributed by atoms with E-state index in [2.05, 4.69) is 11.8 Å². The largest absolute Gasteiger partial charge is 0.468 e. The quantitative estimate of drug-likeness (QED) is 0.851. The van der Waals surface area contributed by atoms with Crippen LogP contribution in [-0.4, -0.2) is 40.9 Å². The average Bonchev–Trinajstić information content (AvgIpc) is 3.05. The third-order valence-corrected chi connectivity index (χ3v) is 5.26.